The molecule has 1 aliphatic carbocycles. The van der Waals surface area contributed by atoms with Crippen LogP contribution < -0.4 is 5.73 Å². The van der Waals surface area contributed by atoms with E-state index in [0.717, 1.165) is 23.5 Å². The highest BCUT2D eigenvalue weighted by Gasteiger charge is 2.37. The second-order valence-electron chi connectivity index (χ2n) is 4.99. The lowest BCUT2D eigenvalue weighted by Gasteiger charge is -2.36. The fourth-order valence-corrected chi connectivity index (χ4v) is 3.02. The average molecular weight is 240 g/mol. The standard InChI is InChI=1S/C12H20N2OS/c1-4-15-11(2,3)10-14-9(8-16-10)12(13)6-5-7-12/h8H,4-7,13H2,1-3H3. The van der Waals surface area contributed by atoms with Gasteiger partial charge in [0.15, 0.2) is 0 Å². The van der Waals surface area contributed by atoms with Gasteiger partial charge in [-0.3, -0.25) is 0 Å². The molecule has 1 aromatic rings. The van der Waals surface area contributed by atoms with Crippen molar-refractivity contribution < 1.29 is 4.74 Å². The lowest BCUT2D eigenvalue weighted by Crippen LogP contribution is -2.43. The molecule has 4 heteroatoms. The molecular formula is C12H20N2OS. The highest BCUT2D eigenvalue weighted by atomic mass is 32.1. The van der Waals surface area contributed by atoms with Gasteiger partial charge in [-0.15, -0.1) is 11.3 Å². The van der Waals surface area contributed by atoms with Gasteiger partial charge in [-0.2, -0.15) is 0 Å². The predicted octanol–water partition coefficient (Wildman–Crippen LogP) is 2.75. The first-order chi connectivity index (χ1) is 7.48. The minimum atomic E-state index is -0.294. The lowest BCUT2D eigenvalue weighted by molar-refractivity contribution is -0.0144. The maximum Gasteiger partial charge on any atom is 0.124 e. The zero-order valence-corrected chi connectivity index (χ0v) is 11.1. The van der Waals surface area contributed by atoms with Gasteiger partial charge >= 0.3 is 0 Å². The van der Waals surface area contributed by atoms with Crippen molar-refractivity contribution in [1.29, 1.82) is 0 Å². The van der Waals surface area contributed by atoms with Gasteiger partial charge in [0.1, 0.15) is 10.6 Å². The largest absolute Gasteiger partial charge is 0.369 e. The topological polar surface area (TPSA) is 48.1 Å². The first-order valence-electron chi connectivity index (χ1n) is 5.87. The molecule has 0 bridgehead atoms. The Morgan fingerprint density at radius 2 is 2.25 bits per heavy atom. The maximum atomic E-state index is 6.26. The number of hydrogen-bond acceptors (Lipinski definition) is 4. The van der Waals surface area contributed by atoms with Crippen LogP contribution in [-0.4, -0.2) is 11.6 Å². The van der Waals surface area contributed by atoms with E-state index in [9.17, 15) is 0 Å². The molecule has 1 aromatic heterocycles. The van der Waals surface area contributed by atoms with Crippen LogP contribution in [-0.2, 0) is 15.9 Å². The Balaban J connectivity index is 2.19. The van der Waals surface area contributed by atoms with Crippen molar-refractivity contribution in [2.45, 2.75) is 51.2 Å². The summed E-state index contributed by atoms with van der Waals surface area (Å²) in [5, 5.41) is 3.12. The van der Waals surface area contributed by atoms with Crippen LogP contribution in [0.2, 0.25) is 0 Å². The molecule has 0 radical (unpaired) electrons. The zero-order valence-electron chi connectivity index (χ0n) is 10.2. The molecule has 0 atom stereocenters. The van der Waals surface area contributed by atoms with Crippen LogP contribution in [0.4, 0.5) is 0 Å². The number of rotatable bonds is 4. The second kappa shape index (κ2) is 4.09. The van der Waals surface area contributed by atoms with E-state index in [1.54, 1.807) is 11.3 Å². The fourth-order valence-electron chi connectivity index (χ4n) is 2.02. The van der Waals surface area contributed by atoms with Crippen molar-refractivity contribution in [3.63, 3.8) is 0 Å². The molecule has 1 aliphatic rings. The molecule has 1 fully saturated rings. The van der Waals surface area contributed by atoms with E-state index in [4.69, 9.17) is 10.5 Å². The first kappa shape index (κ1) is 12.0. The molecule has 0 amide bonds. The molecule has 1 saturated carbocycles. The summed E-state index contributed by atoms with van der Waals surface area (Å²) >= 11 is 1.66. The number of nitrogens with two attached hydrogens (primary N) is 1. The van der Waals surface area contributed by atoms with E-state index >= 15 is 0 Å². The second-order valence-corrected chi connectivity index (χ2v) is 5.85. The smallest absolute Gasteiger partial charge is 0.124 e. The average Bonchev–Trinajstić information content (AvgIpc) is 2.63. The Labute approximate surface area is 101 Å². The number of thiazole rings is 1. The Kier molecular flexibility index (Phi) is 3.07. The van der Waals surface area contributed by atoms with E-state index in [2.05, 4.69) is 24.2 Å². The predicted molar refractivity (Wildman–Crippen MR) is 66.5 cm³/mol. The normalized spacial score (nSPS) is 19.5. The minimum Gasteiger partial charge on any atom is -0.369 e. The van der Waals surface area contributed by atoms with Crippen molar-refractivity contribution in [2.24, 2.45) is 5.73 Å². The molecule has 0 saturated heterocycles. The summed E-state index contributed by atoms with van der Waals surface area (Å²) in [6.45, 7) is 6.83. The summed E-state index contributed by atoms with van der Waals surface area (Å²) in [5.41, 5.74) is 6.86. The maximum absolute atomic E-state index is 6.26. The van der Waals surface area contributed by atoms with Gasteiger partial charge in [-0.25, -0.2) is 4.98 Å². The van der Waals surface area contributed by atoms with Crippen LogP contribution in [0.25, 0.3) is 0 Å². The van der Waals surface area contributed by atoms with E-state index in [0.29, 0.717) is 6.61 Å². The van der Waals surface area contributed by atoms with Gasteiger partial charge in [0.25, 0.3) is 0 Å². The van der Waals surface area contributed by atoms with Crippen molar-refractivity contribution in [1.82, 2.24) is 4.98 Å². The Morgan fingerprint density at radius 3 is 2.75 bits per heavy atom. The fraction of sp³-hybridized carbons (Fsp3) is 0.750. The molecule has 0 unspecified atom stereocenters. The molecule has 16 heavy (non-hydrogen) atoms. The summed E-state index contributed by atoms with van der Waals surface area (Å²) < 4.78 is 5.70. The van der Waals surface area contributed by atoms with Crippen molar-refractivity contribution in [3.05, 3.63) is 16.1 Å². The monoisotopic (exact) mass is 240 g/mol. The zero-order chi connectivity index (χ0) is 11.8. The molecule has 2 rings (SSSR count). The van der Waals surface area contributed by atoms with Crippen LogP contribution >= 0.6 is 11.3 Å². The van der Waals surface area contributed by atoms with E-state index < -0.39 is 0 Å². The van der Waals surface area contributed by atoms with Crippen LogP contribution in [0.1, 0.15) is 50.7 Å². The van der Waals surface area contributed by atoms with Crippen molar-refractivity contribution in [3.8, 4) is 0 Å². The minimum absolute atomic E-state index is 0.156. The summed E-state index contributed by atoms with van der Waals surface area (Å²) in [5.74, 6) is 0. The molecule has 0 spiro atoms. The highest BCUT2D eigenvalue weighted by Crippen LogP contribution is 2.40. The quantitative estimate of drug-likeness (QED) is 0.880. The third-order valence-electron chi connectivity index (χ3n) is 3.28. The highest BCUT2D eigenvalue weighted by molar-refractivity contribution is 7.09. The Morgan fingerprint density at radius 1 is 1.56 bits per heavy atom. The van der Waals surface area contributed by atoms with Crippen LogP contribution in [0.5, 0.6) is 0 Å². The van der Waals surface area contributed by atoms with E-state index in [1.165, 1.54) is 6.42 Å². The number of ether oxygens (including phenoxy) is 1. The van der Waals surface area contributed by atoms with Gasteiger partial charge in [-0.05, 0) is 40.0 Å². The molecule has 90 valence electrons. The Hall–Kier alpha value is -0.450. The summed E-state index contributed by atoms with van der Waals surface area (Å²) in [6.07, 6.45) is 3.34. The SMILES string of the molecule is CCOC(C)(C)c1nc(C2(N)CCC2)cs1. The van der Waals surface area contributed by atoms with Gasteiger partial charge in [0.2, 0.25) is 0 Å². The summed E-state index contributed by atoms with van der Waals surface area (Å²) in [6, 6.07) is 0. The third-order valence-corrected chi connectivity index (χ3v) is 4.43. The van der Waals surface area contributed by atoms with Gasteiger partial charge in [0, 0.05) is 12.0 Å². The molecule has 0 aliphatic heterocycles. The Bertz CT molecular complexity index is 369. The molecule has 3 nitrogen and oxygen atoms in total. The van der Waals surface area contributed by atoms with Crippen LogP contribution in [0.15, 0.2) is 5.38 Å². The molecular weight excluding hydrogens is 220 g/mol. The first-order valence-corrected chi connectivity index (χ1v) is 6.75. The number of hydrogen-bond donors (Lipinski definition) is 1. The summed E-state index contributed by atoms with van der Waals surface area (Å²) in [7, 11) is 0. The van der Waals surface area contributed by atoms with Crippen molar-refractivity contribution >= 4 is 11.3 Å². The van der Waals surface area contributed by atoms with Crippen LogP contribution in [0.3, 0.4) is 0 Å². The lowest BCUT2D eigenvalue weighted by atomic mass is 9.76. The van der Waals surface area contributed by atoms with Gasteiger partial charge in [0.05, 0.1) is 11.2 Å². The van der Waals surface area contributed by atoms with Crippen LogP contribution in [0, 0.1) is 0 Å². The number of nitrogens with zero attached hydrogens (tertiary/aromatic N) is 1. The third kappa shape index (κ3) is 2.01. The van der Waals surface area contributed by atoms with Crippen molar-refractivity contribution in [2.75, 3.05) is 6.61 Å². The molecule has 0 aromatic carbocycles. The molecule has 1 heterocycles. The number of aromatic nitrogens is 1. The summed E-state index contributed by atoms with van der Waals surface area (Å²) in [4.78, 5) is 4.66. The van der Waals surface area contributed by atoms with Gasteiger partial charge in [-0.1, -0.05) is 0 Å². The van der Waals surface area contributed by atoms with Gasteiger partial charge < -0.3 is 10.5 Å². The molecule has 2 N–H and O–H groups in total. The van der Waals surface area contributed by atoms with E-state index in [-0.39, 0.29) is 11.1 Å². The van der Waals surface area contributed by atoms with E-state index in [1.807, 2.05) is 6.92 Å².